The van der Waals surface area contributed by atoms with E-state index >= 15 is 0 Å². The van der Waals surface area contributed by atoms with E-state index in [1.807, 2.05) is 13.8 Å². The molecule has 24 heavy (non-hydrogen) atoms. The minimum absolute atomic E-state index is 0.0129. The third kappa shape index (κ3) is 5.13. The highest BCUT2D eigenvalue weighted by molar-refractivity contribution is 9.10. The monoisotopic (exact) mass is 413 g/mol. The zero-order chi connectivity index (χ0) is 17.7. The van der Waals surface area contributed by atoms with E-state index in [2.05, 4.69) is 21.2 Å². The van der Waals surface area contributed by atoms with Gasteiger partial charge < -0.3 is 5.32 Å². The first-order valence-electron chi connectivity index (χ1n) is 7.77. The predicted octanol–water partition coefficient (Wildman–Crippen LogP) is 4.35. The van der Waals surface area contributed by atoms with Crippen molar-refractivity contribution < 1.29 is 12.8 Å². The van der Waals surface area contributed by atoms with E-state index in [9.17, 15) is 12.8 Å². The van der Waals surface area contributed by atoms with E-state index < -0.39 is 9.84 Å². The van der Waals surface area contributed by atoms with Crippen molar-refractivity contribution in [3.63, 3.8) is 0 Å². The maximum Gasteiger partial charge on any atom is 0.179 e. The third-order valence-electron chi connectivity index (χ3n) is 3.80. The van der Waals surface area contributed by atoms with Gasteiger partial charge in [0.15, 0.2) is 9.84 Å². The Morgan fingerprint density at radius 2 is 1.62 bits per heavy atom. The molecule has 0 aromatic heterocycles. The summed E-state index contributed by atoms with van der Waals surface area (Å²) in [6, 6.07) is 12.9. The van der Waals surface area contributed by atoms with Crippen molar-refractivity contribution in [2.45, 2.75) is 24.8 Å². The molecule has 0 aliphatic rings. The second kappa shape index (κ2) is 8.23. The third-order valence-corrected chi connectivity index (χ3v) is 6.06. The molecule has 0 fully saturated rings. The van der Waals surface area contributed by atoms with Gasteiger partial charge in [0.2, 0.25) is 0 Å². The van der Waals surface area contributed by atoms with Crippen LogP contribution in [-0.2, 0) is 9.84 Å². The van der Waals surface area contributed by atoms with Crippen LogP contribution in [0.2, 0.25) is 0 Å². The van der Waals surface area contributed by atoms with Gasteiger partial charge in [-0.2, -0.15) is 0 Å². The summed E-state index contributed by atoms with van der Waals surface area (Å²) in [5, 5.41) is 3.28. The quantitative estimate of drug-likeness (QED) is 0.733. The molecule has 2 aromatic rings. The molecule has 1 atom stereocenters. The summed E-state index contributed by atoms with van der Waals surface area (Å²) >= 11 is 3.30. The van der Waals surface area contributed by atoms with Gasteiger partial charge in [0.25, 0.3) is 0 Å². The highest BCUT2D eigenvalue weighted by atomic mass is 79.9. The largest absolute Gasteiger partial charge is 0.309 e. The van der Waals surface area contributed by atoms with Crippen molar-refractivity contribution in [1.82, 2.24) is 5.32 Å². The number of benzene rings is 2. The molecule has 0 heterocycles. The van der Waals surface area contributed by atoms with Gasteiger partial charge in [-0.25, -0.2) is 12.8 Å². The predicted molar refractivity (Wildman–Crippen MR) is 98.2 cm³/mol. The Kier molecular flexibility index (Phi) is 6.54. The summed E-state index contributed by atoms with van der Waals surface area (Å²) in [7, 11) is -3.33. The molecule has 2 aromatic carbocycles. The molecule has 0 saturated heterocycles. The minimum atomic E-state index is -3.33. The molecular weight excluding hydrogens is 393 g/mol. The van der Waals surface area contributed by atoms with Crippen LogP contribution in [0.5, 0.6) is 0 Å². The van der Waals surface area contributed by atoms with Crippen LogP contribution in [0, 0.1) is 11.7 Å². The Morgan fingerprint density at radius 3 is 2.17 bits per heavy atom. The van der Waals surface area contributed by atoms with E-state index in [4.69, 9.17) is 0 Å². The summed E-state index contributed by atoms with van der Waals surface area (Å²) in [4.78, 5) is 0.315. The molecule has 2 rings (SSSR count). The molecule has 0 radical (unpaired) electrons. The first-order valence-corrected chi connectivity index (χ1v) is 10.2. The van der Waals surface area contributed by atoms with Crippen molar-refractivity contribution in [2.75, 3.05) is 12.3 Å². The number of nitrogens with one attached hydrogen (secondary N) is 1. The van der Waals surface area contributed by atoms with E-state index in [0.717, 1.165) is 10.0 Å². The zero-order valence-electron chi connectivity index (χ0n) is 13.7. The van der Waals surface area contributed by atoms with Gasteiger partial charge in [-0.05, 0) is 47.9 Å². The average Bonchev–Trinajstić information content (AvgIpc) is 2.53. The minimum Gasteiger partial charge on any atom is -0.309 e. The number of sulfone groups is 1. The first-order chi connectivity index (χ1) is 11.3. The van der Waals surface area contributed by atoms with Gasteiger partial charge in [0, 0.05) is 17.1 Å². The van der Waals surface area contributed by atoms with Crippen LogP contribution in [0.25, 0.3) is 0 Å². The Bertz CT molecular complexity index is 759. The topological polar surface area (TPSA) is 46.2 Å². The van der Waals surface area contributed by atoms with Gasteiger partial charge in [0.1, 0.15) is 5.82 Å². The smallest absolute Gasteiger partial charge is 0.179 e. The Morgan fingerprint density at radius 1 is 1.04 bits per heavy atom. The molecule has 0 amide bonds. The standard InChI is InChI=1S/C18H21BrFNO2S/c1-13(2)18(14-3-7-16(20)8-4-14)21-11-12-24(22,23)17-9-5-15(19)6-10-17/h3-10,13,18,21H,11-12H2,1-2H3/t18-/m0/s1. The van der Waals surface area contributed by atoms with Crippen LogP contribution in [0.3, 0.4) is 0 Å². The fourth-order valence-electron chi connectivity index (χ4n) is 2.52. The number of rotatable bonds is 7. The second-order valence-corrected chi connectivity index (χ2v) is 9.02. The molecular formula is C18H21BrFNO2S. The maximum atomic E-state index is 13.1. The normalized spacial score (nSPS) is 13.2. The highest BCUT2D eigenvalue weighted by Crippen LogP contribution is 2.22. The lowest BCUT2D eigenvalue weighted by molar-refractivity contribution is 0.421. The summed E-state index contributed by atoms with van der Waals surface area (Å²) in [6.45, 7) is 4.42. The first kappa shape index (κ1) is 19.1. The molecule has 1 N–H and O–H groups in total. The molecule has 3 nitrogen and oxygen atoms in total. The van der Waals surface area contributed by atoms with Crippen LogP contribution in [0.15, 0.2) is 57.9 Å². The fraction of sp³-hybridized carbons (Fsp3) is 0.333. The molecule has 0 bridgehead atoms. The van der Waals surface area contributed by atoms with Gasteiger partial charge in [0.05, 0.1) is 10.6 Å². The van der Waals surface area contributed by atoms with Crippen LogP contribution in [0.4, 0.5) is 4.39 Å². The van der Waals surface area contributed by atoms with Crippen molar-refractivity contribution in [3.05, 3.63) is 64.4 Å². The van der Waals surface area contributed by atoms with Crippen molar-refractivity contribution in [2.24, 2.45) is 5.92 Å². The van der Waals surface area contributed by atoms with E-state index in [1.54, 1.807) is 36.4 Å². The maximum absolute atomic E-state index is 13.1. The SMILES string of the molecule is CC(C)[C@H](NCCS(=O)(=O)c1ccc(Br)cc1)c1ccc(F)cc1. The lowest BCUT2D eigenvalue weighted by Gasteiger charge is -2.23. The van der Waals surface area contributed by atoms with Crippen molar-refractivity contribution in [3.8, 4) is 0 Å². The number of halogens is 2. The second-order valence-electron chi connectivity index (χ2n) is 6.00. The summed E-state index contributed by atoms with van der Waals surface area (Å²) in [6.07, 6.45) is 0. The average molecular weight is 414 g/mol. The van der Waals surface area contributed by atoms with Crippen LogP contribution >= 0.6 is 15.9 Å². The van der Waals surface area contributed by atoms with Gasteiger partial charge >= 0.3 is 0 Å². The lowest BCUT2D eigenvalue weighted by Crippen LogP contribution is -2.30. The molecule has 0 aliphatic carbocycles. The van der Waals surface area contributed by atoms with Crippen molar-refractivity contribution >= 4 is 25.8 Å². The zero-order valence-corrected chi connectivity index (χ0v) is 16.1. The number of hydrogen-bond acceptors (Lipinski definition) is 3. The van der Waals surface area contributed by atoms with E-state index in [1.165, 1.54) is 12.1 Å². The van der Waals surface area contributed by atoms with Crippen LogP contribution < -0.4 is 5.32 Å². The highest BCUT2D eigenvalue weighted by Gasteiger charge is 2.18. The van der Waals surface area contributed by atoms with E-state index in [-0.39, 0.29) is 23.5 Å². The molecule has 0 unspecified atom stereocenters. The van der Waals surface area contributed by atoms with Gasteiger partial charge in [-0.1, -0.05) is 41.9 Å². The summed E-state index contributed by atoms with van der Waals surface area (Å²) in [5.41, 5.74) is 0.951. The Balaban J connectivity index is 2.02. The fourth-order valence-corrected chi connectivity index (χ4v) is 3.95. The van der Waals surface area contributed by atoms with Crippen LogP contribution in [0.1, 0.15) is 25.5 Å². The Hall–Kier alpha value is -1.24. The Labute approximate surface area is 151 Å². The molecule has 6 heteroatoms. The number of hydrogen-bond donors (Lipinski definition) is 1. The molecule has 0 aliphatic heterocycles. The van der Waals surface area contributed by atoms with Gasteiger partial charge in [-0.3, -0.25) is 0 Å². The molecule has 0 spiro atoms. The van der Waals surface area contributed by atoms with Crippen LogP contribution in [-0.4, -0.2) is 20.7 Å². The lowest BCUT2D eigenvalue weighted by atomic mass is 9.96. The van der Waals surface area contributed by atoms with E-state index in [0.29, 0.717) is 11.4 Å². The molecule has 0 saturated carbocycles. The van der Waals surface area contributed by atoms with Gasteiger partial charge in [-0.15, -0.1) is 0 Å². The summed E-state index contributed by atoms with van der Waals surface area (Å²) < 4.78 is 38.7. The summed E-state index contributed by atoms with van der Waals surface area (Å²) in [5.74, 6) is -0.0103. The molecule has 130 valence electrons. The van der Waals surface area contributed by atoms with Crippen molar-refractivity contribution in [1.29, 1.82) is 0 Å².